The van der Waals surface area contributed by atoms with Crippen LogP contribution in [0.3, 0.4) is 0 Å². The molecule has 0 fully saturated rings. The van der Waals surface area contributed by atoms with Gasteiger partial charge in [-0.2, -0.15) is 0 Å². The third-order valence-corrected chi connectivity index (χ3v) is 2.56. The average Bonchev–Trinajstić information content (AvgIpc) is 2.41. The summed E-state index contributed by atoms with van der Waals surface area (Å²) in [6, 6.07) is 4.98. The number of aromatic nitrogens is 2. The molecule has 94 valence electrons. The maximum Gasteiger partial charge on any atom is 0.223 e. The predicted octanol–water partition coefficient (Wildman–Crippen LogP) is 2.95. The number of methoxy groups -OCH3 is 2. The highest BCUT2D eigenvalue weighted by molar-refractivity contribution is 6.28. The lowest BCUT2D eigenvalue weighted by atomic mass is 10.1. The van der Waals surface area contributed by atoms with Crippen LogP contribution in [0.4, 0.5) is 4.39 Å². The number of hydrogen-bond donors (Lipinski definition) is 0. The van der Waals surface area contributed by atoms with Gasteiger partial charge in [-0.25, -0.2) is 14.4 Å². The molecule has 0 aliphatic rings. The molecular formula is C12H10ClFN2O2. The van der Waals surface area contributed by atoms with E-state index in [0.717, 1.165) is 6.20 Å². The molecule has 0 saturated heterocycles. The van der Waals surface area contributed by atoms with Crippen molar-refractivity contribution in [1.82, 2.24) is 9.97 Å². The van der Waals surface area contributed by atoms with E-state index in [-0.39, 0.29) is 11.0 Å². The Balaban J connectivity index is 2.59. The second-order valence-corrected chi connectivity index (χ2v) is 3.74. The van der Waals surface area contributed by atoms with E-state index < -0.39 is 5.82 Å². The fraction of sp³-hybridized carbons (Fsp3) is 0.167. The maximum atomic E-state index is 13.7. The Hall–Kier alpha value is -1.88. The first kappa shape index (κ1) is 12.6. The fourth-order valence-electron chi connectivity index (χ4n) is 1.53. The number of benzene rings is 1. The van der Waals surface area contributed by atoms with E-state index in [4.69, 9.17) is 21.1 Å². The molecule has 0 aliphatic heterocycles. The standard InChI is InChI=1S/C12H10ClFN2O2/c1-17-7-3-4-8(10(5-7)18-2)11-9(14)6-15-12(13)16-11/h3-6H,1-2H3. The van der Waals surface area contributed by atoms with Crippen LogP contribution in [0.15, 0.2) is 24.4 Å². The largest absolute Gasteiger partial charge is 0.497 e. The highest BCUT2D eigenvalue weighted by Crippen LogP contribution is 2.33. The highest BCUT2D eigenvalue weighted by atomic mass is 35.5. The normalized spacial score (nSPS) is 10.2. The Bertz CT molecular complexity index is 578. The lowest BCUT2D eigenvalue weighted by molar-refractivity contribution is 0.395. The number of rotatable bonds is 3. The minimum absolute atomic E-state index is 0.0238. The molecule has 0 unspecified atom stereocenters. The molecule has 0 N–H and O–H groups in total. The van der Waals surface area contributed by atoms with Crippen molar-refractivity contribution >= 4 is 11.6 Å². The number of nitrogens with zero attached hydrogens (tertiary/aromatic N) is 2. The molecule has 2 aromatic rings. The molecule has 6 heteroatoms. The summed E-state index contributed by atoms with van der Waals surface area (Å²) in [6.45, 7) is 0. The van der Waals surface area contributed by atoms with Crippen molar-refractivity contribution < 1.29 is 13.9 Å². The van der Waals surface area contributed by atoms with E-state index in [9.17, 15) is 4.39 Å². The molecule has 0 saturated carbocycles. The van der Waals surface area contributed by atoms with Crippen molar-refractivity contribution in [2.45, 2.75) is 0 Å². The first-order chi connectivity index (χ1) is 8.65. The summed E-state index contributed by atoms with van der Waals surface area (Å²) in [6.07, 6.45) is 1.02. The van der Waals surface area contributed by atoms with Crippen molar-refractivity contribution in [1.29, 1.82) is 0 Å². The molecular weight excluding hydrogens is 259 g/mol. The molecule has 18 heavy (non-hydrogen) atoms. The summed E-state index contributed by atoms with van der Waals surface area (Å²) in [5.41, 5.74) is 0.578. The maximum absolute atomic E-state index is 13.7. The summed E-state index contributed by atoms with van der Waals surface area (Å²) in [4.78, 5) is 7.43. The third kappa shape index (κ3) is 2.36. The van der Waals surface area contributed by atoms with E-state index in [1.165, 1.54) is 14.2 Å². The molecule has 0 radical (unpaired) electrons. The van der Waals surface area contributed by atoms with Gasteiger partial charge in [0, 0.05) is 11.6 Å². The minimum atomic E-state index is -0.567. The molecule has 1 aromatic carbocycles. The Morgan fingerprint density at radius 1 is 1.22 bits per heavy atom. The molecule has 0 aliphatic carbocycles. The van der Waals surface area contributed by atoms with Crippen LogP contribution in [0.25, 0.3) is 11.3 Å². The summed E-state index contributed by atoms with van der Waals surface area (Å²) in [7, 11) is 3.02. The molecule has 4 nitrogen and oxygen atoms in total. The monoisotopic (exact) mass is 268 g/mol. The molecule has 0 amide bonds. The van der Waals surface area contributed by atoms with Crippen LogP contribution in [-0.4, -0.2) is 24.2 Å². The topological polar surface area (TPSA) is 44.2 Å². The van der Waals surface area contributed by atoms with Crippen LogP contribution in [0.5, 0.6) is 11.5 Å². The van der Waals surface area contributed by atoms with Crippen LogP contribution in [0.2, 0.25) is 5.28 Å². The zero-order valence-electron chi connectivity index (χ0n) is 9.78. The Morgan fingerprint density at radius 2 is 2.00 bits per heavy atom. The summed E-state index contributed by atoms with van der Waals surface area (Å²) in [5, 5.41) is -0.0238. The minimum Gasteiger partial charge on any atom is -0.497 e. The average molecular weight is 269 g/mol. The second-order valence-electron chi connectivity index (χ2n) is 3.40. The Kier molecular flexibility index (Phi) is 3.62. The molecule has 0 atom stereocenters. The van der Waals surface area contributed by atoms with Gasteiger partial charge in [0.05, 0.1) is 20.4 Å². The molecule has 0 spiro atoms. The lowest BCUT2D eigenvalue weighted by Gasteiger charge is -2.10. The van der Waals surface area contributed by atoms with Gasteiger partial charge in [-0.05, 0) is 23.7 Å². The first-order valence-corrected chi connectivity index (χ1v) is 5.44. The lowest BCUT2D eigenvalue weighted by Crippen LogP contribution is -1.96. The van der Waals surface area contributed by atoms with Crippen molar-refractivity contribution in [3.05, 3.63) is 35.5 Å². The van der Waals surface area contributed by atoms with Gasteiger partial charge in [0.2, 0.25) is 5.28 Å². The van der Waals surface area contributed by atoms with Crippen molar-refractivity contribution in [2.75, 3.05) is 14.2 Å². The fourth-order valence-corrected chi connectivity index (χ4v) is 1.66. The van der Waals surface area contributed by atoms with Crippen molar-refractivity contribution in [3.8, 4) is 22.8 Å². The number of halogens is 2. The van der Waals surface area contributed by atoms with Gasteiger partial charge in [0.25, 0.3) is 0 Å². The number of hydrogen-bond acceptors (Lipinski definition) is 4. The van der Waals surface area contributed by atoms with E-state index >= 15 is 0 Å². The van der Waals surface area contributed by atoms with Gasteiger partial charge in [0.1, 0.15) is 17.2 Å². The van der Waals surface area contributed by atoms with Crippen LogP contribution < -0.4 is 9.47 Å². The SMILES string of the molecule is COc1ccc(-c2nc(Cl)ncc2F)c(OC)c1. The Labute approximate surface area is 108 Å². The van der Waals surface area contributed by atoms with Gasteiger partial charge in [-0.1, -0.05) is 0 Å². The molecule has 1 aromatic heterocycles. The number of ether oxygens (including phenoxy) is 2. The second kappa shape index (κ2) is 5.18. The van der Waals surface area contributed by atoms with Crippen molar-refractivity contribution in [2.24, 2.45) is 0 Å². The zero-order chi connectivity index (χ0) is 13.1. The van der Waals surface area contributed by atoms with Gasteiger partial charge >= 0.3 is 0 Å². The van der Waals surface area contributed by atoms with E-state index in [1.807, 2.05) is 0 Å². The van der Waals surface area contributed by atoms with Crippen LogP contribution >= 0.6 is 11.6 Å². The third-order valence-electron chi connectivity index (χ3n) is 2.38. The molecule has 0 bridgehead atoms. The quantitative estimate of drug-likeness (QED) is 0.803. The van der Waals surface area contributed by atoms with Gasteiger partial charge < -0.3 is 9.47 Å². The summed E-state index contributed by atoms with van der Waals surface area (Å²) >= 11 is 5.67. The van der Waals surface area contributed by atoms with Crippen LogP contribution in [0.1, 0.15) is 0 Å². The summed E-state index contributed by atoms with van der Waals surface area (Å²) in [5.74, 6) is 0.488. The van der Waals surface area contributed by atoms with Gasteiger partial charge in [-0.3, -0.25) is 0 Å². The van der Waals surface area contributed by atoms with Crippen LogP contribution in [-0.2, 0) is 0 Å². The van der Waals surface area contributed by atoms with E-state index in [1.54, 1.807) is 18.2 Å². The summed E-state index contributed by atoms with van der Waals surface area (Å²) < 4.78 is 23.9. The van der Waals surface area contributed by atoms with Gasteiger partial charge in [0.15, 0.2) is 5.82 Å². The molecule has 2 rings (SSSR count). The van der Waals surface area contributed by atoms with Crippen molar-refractivity contribution in [3.63, 3.8) is 0 Å². The zero-order valence-corrected chi connectivity index (χ0v) is 10.5. The molecule has 1 heterocycles. The smallest absolute Gasteiger partial charge is 0.223 e. The Morgan fingerprint density at radius 3 is 2.67 bits per heavy atom. The predicted molar refractivity (Wildman–Crippen MR) is 65.5 cm³/mol. The van der Waals surface area contributed by atoms with E-state index in [2.05, 4.69) is 9.97 Å². The van der Waals surface area contributed by atoms with Crippen LogP contribution in [0, 0.1) is 5.82 Å². The highest BCUT2D eigenvalue weighted by Gasteiger charge is 2.14. The first-order valence-electron chi connectivity index (χ1n) is 5.06. The van der Waals surface area contributed by atoms with E-state index in [0.29, 0.717) is 17.1 Å². The van der Waals surface area contributed by atoms with Gasteiger partial charge in [-0.15, -0.1) is 0 Å².